The molecule has 300 valence electrons. The summed E-state index contributed by atoms with van der Waals surface area (Å²) >= 11 is 0. The van der Waals surface area contributed by atoms with Gasteiger partial charge >= 0.3 is 13.8 Å². The molecule has 0 aromatic rings. The number of esters is 1. The molecule has 0 bridgehead atoms. The fourth-order valence-corrected chi connectivity index (χ4v) is 6.23. The van der Waals surface area contributed by atoms with Crippen LogP contribution in [0.4, 0.5) is 0 Å². The van der Waals surface area contributed by atoms with Gasteiger partial charge < -0.3 is 18.9 Å². The molecule has 0 aromatic heterocycles. The van der Waals surface area contributed by atoms with E-state index in [2.05, 4.69) is 38.2 Å². The number of quaternary nitrogens is 1. The molecule has 1 N–H and O–H groups in total. The summed E-state index contributed by atoms with van der Waals surface area (Å²) in [6, 6.07) is 0. The Morgan fingerprint density at radius 2 is 1.10 bits per heavy atom. The molecule has 0 aromatic carbocycles. The van der Waals surface area contributed by atoms with E-state index in [1.54, 1.807) is 6.26 Å². The highest BCUT2D eigenvalue weighted by molar-refractivity contribution is 7.47. The van der Waals surface area contributed by atoms with Crippen LogP contribution < -0.4 is 0 Å². The molecule has 0 spiro atoms. The first kappa shape index (κ1) is 49.6. The second-order valence-corrected chi connectivity index (χ2v) is 16.5. The van der Waals surface area contributed by atoms with Crippen molar-refractivity contribution in [1.29, 1.82) is 0 Å². The maximum atomic E-state index is 12.6. The van der Waals surface area contributed by atoms with E-state index >= 15 is 0 Å². The van der Waals surface area contributed by atoms with Crippen LogP contribution in [0.1, 0.15) is 174 Å². The number of hydrogen-bond donors (Lipinski definition) is 1. The van der Waals surface area contributed by atoms with Gasteiger partial charge in [0, 0.05) is 6.42 Å². The normalized spacial score (nSPS) is 14.2. The Bertz CT molecular complexity index is 915. The summed E-state index contributed by atoms with van der Waals surface area (Å²) in [6.07, 6.45) is 41.3. The van der Waals surface area contributed by atoms with Crippen molar-refractivity contribution in [2.24, 2.45) is 0 Å². The number of allylic oxidation sites excluding steroid dienone is 5. The molecule has 51 heavy (non-hydrogen) atoms. The van der Waals surface area contributed by atoms with E-state index in [0.29, 0.717) is 17.4 Å². The predicted octanol–water partition coefficient (Wildman–Crippen LogP) is 12.2. The SMILES string of the molecule is CCCCCCCC/C=C/C/C=C/CCCCC(=O)O[C@H](CO/C=C/CCCCCCCCCCCCCC)COP(=O)(O)OCC[N+](C)(C)C. The van der Waals surface area contributed by atoms with Gasteiger partial charge in [0.2, 0.25) is 0 Å². The molecule has 0 saturated carbocycles. The summed E-state index contributed by atoms with van der Waals surface area (Å²) in [5.41, 5.74) is 0. The van der Waals surface area contributed by atoms with Crippen molar-refractivity contribution in [1.82, 2.24) is 0 Å². The summed E-state index contributed by atoms with van der Waals surface area (Å²) in [7, 11) is 1.62. The van der Waals surface area contributed by atoms with Crippen molar-refractivity contribution < 1.29 is 37.3 Å². The summed E-state index contributed by atoms with van der Waals surface area (Å²) in [4.78, 5) is 22.8. The number of hydrogen-bond acceptors (Lipinski definition) is 6. The Hall–Kier alpha value is -1.44. The molecule has 0 radical (unpaired) electrons. The third-order valence-electron chi connectivity index (χ3n) is 8.77. The van der Waals surface area contributed by atoms with Crippen LogP contribution >= 0.6 is 7.82 Å². The van der Waals surface area contributed by atoms with Crippen molar-refractivity contribution in [3.05, 3.63) is 36.6 Å². The molecule has 0 amide bonds. The summed E-state index contributed by atoms with van der Waals surface area (Å²) in [6.45, 7) is 4.88. The lowest BCUT2D eigenvalue weighted by molar-refractivity contribution is -0.870. The lowest BCUT2D eigenvalue weighted by atomic mass is 10.0. The van der Waals surface area contributed by atoms with Crippen LogP contribution in [0.3, 0.4) is 0 Å². The Labute approximate surface area is 315 Å². The Balaban J connectivity index is 4.38. The number of rotatable bonds is 38. The second kappa shape index (κ2) is 35.6. The Morgan fingerprint density at radius 1 is 0.627 bits per heavy atom. The number of unbranched alkanes of at least 4 members (excludes halogenated alkanes) is 20. The van der Waals surface area contributed by atoms with Gasteiger partial charge in [-0.25, -0.2) is 4.57 Å². The molecule has 0 fully saturated rings. The molecule has 0 aliphatic heterocycles. The molecule has 0 saturated heterocycles. The zero-order chi connectivity index (χ0) is 37.7. The molecular weight excluding hydrogens is 661 g/mol. The third-order valence-corrected chi connectivity index (χ3v) is 9.75. The van der Waals surface area contributed by atoms with Crippen LogP contribution in [0.2, 0.25) is 0 Å². The van der Waals surface area contributed by atoms with Crippen molar-refractivity contribution >= 4 is 13.8 Å². The fraction of sp³-hybridized carbons (Fsp3) is 0.833. The standard InChI is InChI=1S/C42H80NO7P/c1-6-8-10-12-14-16-18-20-22-23-25-27-29-31-33-35-42(44)50-41(40-49-51(45,46)48-38-36-43(3,4)5)39-47-37-34-32-30-28-26-24-21-19-17-15-13-11-9-7-2/h20,22,25,27,34,37,41H,6-19,21,23-24,26,28-33,35-36,38-40H2,1-5H3/p+1/b22-20+,27-25+,37-34+/t41-/m1/s1. The maximum Gasteiger partial charge on any atom is 0.472 e. The number of carbonyl (C=O) groups is 1. The quantitative estimate of drug-likeness (QED) is 0.0168. The first-order valence-electron chi connectivity index (χ1n) is 20.8. The Morgan fingerprint density at radius 3 is 1.61 bits per heavy atom. The van der Waals surface area contributed by atoms with Gasteiger partial charge in [-0.2, -0.15) is 0 Å². The zero-order valence-corrected chi connectivity index (χ0v) is 34.7. The zero-order valence-electron chi connectivity index (χ0n) is 33.8. The molecular formula is C42H81NO7P+. The highest BCUT2D eigenvalue weighted by atomic mass is 31.2. The summed E-state index contributed by atoms with van der Waals surface area (Å²) in [5.74, 6) is -0.368. The van der Waals surface area contributed by atoms with Gasteiger partial charge in [0.15, 0.2) is 6.10 Å². The fourth-order valence-electron chi connectivity index (χ4n) is 5.49. The van der Waals surface area contributed by atoms with Crippen molar-refractivity contribution in [2.45, 2.75) is 180 Å². The van der Waals surface area contributed by atoms with Crippen molar-refractivity contribution in [2.75, 3.05) is 47.5 Å². The highest BCUT2D eigenvalue weighted by Gasteiger charge is 2.26. The van der Waals surface area contributed by atoms with Gasteiger partial charge in [-0.05, 0) is 57.4 Å². The number of ether oxygens (including phenoxy) is 2. The smallest absolute Gasteiger partial charge is 0.472 e. The van der Waals surface area contributed by atoms with Gasteiger partial charge in [0.25, 0.3) is 0 Å². The molecule has 0 rings (SSSR count). The van der Waals surface area contributed by atoms with Crippen molar-refractivity contribution in [3.63, 3.8) is 0 Å². The van der Waals surface area contributed by atoms with E-state index in [0.717, 1.165) is 38.5 Å². The number of phosphoric acid groups is 1. The second-order valence-electron chi connectivity index (χ2n) is 15.1. The molecule has 0 aliphatic carbocycles. The lowest BCUT2D eigenvalue weighted by Crippen LogP contribution is -2.37. The monoisotopic (exact) mass is 743 g/mol. The molecule has 0 heterocycles. The minimum Gasteiger partial charge on any atom is -0.498 e. The average Bonchev–Trinajstić information content (AvgIpc) is 3.08. The van der Waals surface area contributed by atoms with Crippen LogP contribution in [-0.4, -0.2) is 69.0 Å². The molecule has 9 heteroatoms. The number of likely N-dealkylation sites (N-methyl/N-ethyl adjacent to an activating group) is 1. The van der Waals surface area contributed by atoms with Gasteiger partial charge in [0.05, 0.1) is 34.0 Å². The maximum absolute atomic E-state index is 12.6. The summed E-state index contributed by atoms with van der Waals surface area (Å²) in [5, 5.41) is 0. The van der Waals surface area contributed by atoms with Gasteiger partial charge in [-0.1, -0.05) is 141 Å². The summed E-state index contributed by atoms with van der Waals surface area (Å²) < 4.78 is 34.6. The van der Waals surface area contributed by atoms with Crippen LogP contribution in [0, 0.1) is 0 Å². The number of carbonyl (C=O) groups excluding carboxylic acids is 1. The first-order valence-corrected chi connectivity index (χ1v) is 22.3. The molecule has 8 nitrogen and oxygen atoms in total. The van der Waals surface area contributed by atoms with Gasteiger partial charge in [-0.3, -0.25) is 13.8 Å². The van der Waals surface area contributed by atoms with E-state index in [1.807, 2.05) is 27.2 Å². The van der Waals surface area contributed by atoms with E-state index in [9.17, 15) is 14.3 Å². The molecule has 0 aliphatic rings. The van der Waals surface area contributed by atoms with E-state index < -0.39 is 13.9 Å². The van der Waals surface area contributed by atoms with Crippen molar-refractivity contribution in [3.8, 4) is 0 Å². The topological polar surface area (TPSA) is 91.3 Å². The van der Waals surface area contributed by atoms with Crippen LogP contribution in [0.15, 0.2) is 36.6 Å². The Kier molecular flexibility index (Phi) is 34.6. The minimum atomic E-state index is -4.29. The van der Waals surface area contributed by atoms with Crippen LogP contribution in [0.25, 0.3) is 0 Å². The predicted molar refractivity (Wildman–Crippen MR) is 215 cm³/mol. The third kappa shape index (κ3) is 39.6. The number of phosphoric ester groups is 1. The van der Waals surface area contributed by atoms with Crippen LogP contribution in [0.5, 0.6) is 0 Å². The highest BCUT2D eigenvalue weighted by Crippen LogP contribution is 2.43. The van der Waals surface area contributed by atoms with E-state index in [4.69, 9.17) is 18.5 Å². The molecule has 2 atom stereocenters. The lowest BCUT2D eigenvalue weighted by Gasteiger charge is -2.24. The van der Waals surface area contributed by atoms with Gasteiger partial charge in [0.1, 0.15) is 19.8 Å². The minimum absolute atomic E-state index is 0.0364. The van der Waals surface area contributed by atoms with E-state index in [1.165, 1.54) is 109 Å². The van der Waals surface area contributed by atoms with Gasteiger partial charge in [-0.15, -0.1) is 0 Å². The molecule has 1 unspecified atom stereocenters. The largest absolute Gasteiger partial charge is 0.498 e. The first-order chi connectivity index (χ1) is 24.6. The van der Waals surface area contributed by atoms with E-state index in [-0.39, 0.29) is 32.2 Å². The average molecular weight is 743 g/mol. The number of nitrogens with zero attached hydrogens (tertiary/aromatic N) is 1. The van der Waals surface area contributed by atoms with Crippen LogP contribution in [-0.2, 0) is 27.9 Å².